The van der Waals surface area contributed by atoms with Crippen molar-refractivity contribution in [3.05, 3.63) is 64.1 Å². The zero-order valence-electron chi connectivity index (χ0n) is 17.2. The number of fused-ring (bicyclic) bond motifs is 6. The predicted octanol–water partition coefficient (Wildman–Crippen LogP) is 5.08. The molecule has 4 aromatic rings. The maximum absolute atomic E-state index is 4.61. The average Bonchev–Trinajstić information content (AvgIpc) is 3.08. The van der Waals surface area contributed by atoms with Crippen molar-refractivity contribution in [3.8, 4) is 11.3 Å². The van der Waals surface area contributed by atoms with E-state index in [9.17, 15) is 0 Å². The second kappa shape index (κ2) is 4.98. The van der Waals surface area contributed by atoms with Gasteiger partial charge in [-0.3, -0.25) is 4.98 Å². The summed E-state index contributed by atoms with van der Waals surface area (Å²) in [5.41, 5.74) is 13.1. The number of rotatable bonds is 0. The third-order valence-electron chi connectivity index (χ3n) is 6.88. The van der Waals surface area contributed by atoms with E-state index in [1.54, 1.807) is 0 Å². The van der Waals surface area contributed by atoms with Crippen LogP contribution in [0.3, 0.4) is 0 Å². The summed E-state index contributed by atoms with van der Waals surface area (Å²) in [6.45, 7) is 15.9. The van der Waals surface area contributed by atoms with Gasteiger partial charge in [-0.05, 0) is 70.9 Å². The number of nitrogens with zero attached hydrogens (tertiary/aromatic N) is 3. The largest absolute Gasteiger partial charge is 0.291 e. The van der Waals surface area contributed by atoms with E-state index in [1.165, 1.54) is 55.9 Å². The van der Waals surface area contributed by atoms with Crippen LogP contribution in [0.1, 0.15) is 47.5 Å². The molecule has 27 heavy (non-hydrogen) atoms. The van der Waals surface area contributed by atoms with E-state index >= 15 is 0 Å². The minimum Gasteiger partial charge on any atom is -0.256 e. The summed E-state index contributed by atoms with van der Waals surface area (Å²) in [6.07, 6.45) is 1.88. The molecule has 1 aliphatic heterocycles. The van der Waals surface area contributed by atoms with Gasteiger partial charge in [0.05, 0.1) is 5.52 Å². The molecule has 0 saturated heterocycles. The quantitative estimate of drug-likeness (QED) is 0.403. The van der Waals surface area contributed by atoms with Gasteiger partial charge in [0.25, 0.3) is 5.65 Å². The number of hydrogen-bond acceptors (Lipinski definition) is 1. The predicted molar refractivity (Wildman–Crippen MR) is 110 cm³/mol. The van der Waals surface area contributed by atoms with Crippen LogP contribution in [-0.4, -0.2) is 9.38 Å². The minimum absolute atomic E-state index is 0.104. The number of aryl methyl sites for hydroxylation is 3. The first-order chi connectivity index (χ1) is 12.7. The van der Waals surface area contributed by atoms with Crippen molar-refractivity contribution in [1.29, 1.82) is 0 Å². The summed E-state index contributed by atoms with van der Waals surface area (Å²) in [5.74, 6) is 0. The van der Waals surface area contributed by atoms with Crippen LogP contribution in [0.4, 0.5) is 0 Å². The molecule has 0 saturated carbocycles. The zero-order chi connectivity index (χ0) is 19.2. The zero-order valence-corrected chi connectivity index (χ0v) is 17.2. The summed E-state index contributed by atoms with van der Waals surface area (Å²) in [6, 6.07) is 8.80. The van der Waals surface area contributed by atoms with Crippen LogP contribution >= 0.6 is 0 Å². The lowest BCUT2D eigenvalue weighted by Gasteiger charge is -2.20. The van der Waals surface area contributed by atoms with Crippen LogP contribution in [0.25, 0.3) is 27.8 Å². The fraction of sp³-hybridized carbons (Fsp3) is 0.333. The maximum atomic E-state index is 4.61. The fourth-order valence-electron chi connectivity index (χ4n) is 5.07. The van der Waals surface area contributed by atoms with Crippen molar-refractivity contribution in [2.24, 2.45) is 0 Å². The molecule has 1 aliphatic rings. The summed E-state index contributed by atoms with van der Waals surface area (Å²) in [7, 11) is 0. The highest BCUT2D eigenvalue weighted by molar-refractivity contribution is 5.87. The van der Waals surface area contributed by atoms with Crippen molar-refractivity contribution in [2.75, 3.05) is 0 Å². The lowest BCUT2D eigenvalue weighted by atomic mass is 9.91. The van der Waals surface area contributed by atoms with Crippen molar-refractivity contribution in [2.45, 2.75) is 54.0 Å². The van der Waals surface area contributed by atoms with E-state index in [4.69, 9.17) is 0 Å². The summed E-state index contributed by atoms with van der Waals surface area (Å²) in [4.78, 5) is 4.61. The first kappa shape index (κ1) is 16.5. The van der Waals surface area contributed by atoms with Gasteiger partial charge in [-0.25, -0.2) is 4.57 Å². The van der Waals surface area contributed by atoms with Crippen molar-refractivity contribution in [1.82, 2.24) is 9.38 Å². The Morgan fingerprint density at radius 2 is 1.67 bits per heavy atom. The molecule has 0 amide bonds. The Morgan fingerprint density at radius 1 is 0.926 bits per heavy atom. The van der Waals surface area contributed by atoms with Gasteiger partial charge in [0.15, 0.2) is 11.4 Å². The lowest BCUT2D eigenvalue weighted by molar-refractivity contribution is -0.707. The Kier molecular flexibility index (Phi) is 3.04. The summed E-state index contributed by atoms with van der Waals surface area (Å²) < 4.78 is 5.01. The molecule has 5 rings (SSSR count). The van der Waals surface area contributed by atoms with Gasteiger partial charge in [-0.15, -0.1) is 0 Å². The highest BCUT2D eigenvalue weighted by atomic mass is 15.2. The molecule has 3 aromatic heterocycles. The fourth-order valence-corrected chi connectivity index (χ4v) is 5.07. The number of aromatic nitrogens is 3. The van der Waals surface area contributed by atoms with Gasteiger partial charge >= 0.3 is 0 Å². The Balaban J connectivity index is 2.02. The van der Waals surface area contributed by atoms with E-state index in [-0.39, 0.29) is 5.54 Å². The van der Waals surface area contributed by atoms with Gasteiger partial charge in [0.2, 0.25) is 0 Å². The lowest BCUT2D eigenvalue weighted by Crippen LogP contribution is -2.50. The van der Waals surface area contributed by atoms with Crippen LogP contribution in [0.2, 0.25) is 0 Å². The summed E-state index contributed by atoms with van der Waals surface area (Å²) >= 11 is 0. The molecule has 136 valence electrons. The molecular formula is C24H26N3+. The second-order valence-corrected chi connectivity index (χ2v) is 8.54. The number of imidazole rings is 1. The standard InChI is InChI=1S/C24H26N3/c1-13-14(2)16(4)26-17(5)22-19-12-21-18(9-8-10-25-21)11-20(19)24(6,7)27(22)23(26)15(13)3/h8-12H,1-7H3/q+1. The van der Waals surface area contributed by atoms with Gasteiger partial charge in [0.1, 0.15) is 11.2 Å². The van der Waals surface area contributed by atoms with Crippen LogP contribution in [-0.2, 0) is 5.54 Å². The Bertz CT molecular complexity index is 1290. The molecule has 3 heteroatoms. The first-order valence-corrected chi connectivity index (χ1v) is 9.68. The molecule has 0 radical (unpaired) electrons. The van der Waals surface area contributed by atoms with Gasteiger partial charge in [-0.1, -0.05) is 6.07 Å². The monoisotopic (exact) mass is 356 g/mol. The molecule has 0 fully saturated rings. The number of hydrogen-bond donors (Lipinski definition) is 0. The van der Waals surface area contributed by atoms with Crippen LogP contribution < -0.4 is 4.57 Å². The molecule has 0 spiro atoms. The molecule has 0 aliphatic carbocycles. The molecule has 0 bridgehead atoms. The number of benzene rings is 1. The van der Waals surface area contributed by atoms with Crippen molar-refractivity contribution < 1.29 is 4.57 Å². The van der Waals surface area contributed by atoms with E-state index in [0.717, 1.165) is 5.52 Å². The van der Waals surface area contributed by atoms with E-state index < -0.39 is 0 Å². The SMILES string of the molecule is Cc1c(C)c(C)n2c(C)c3[n+](c2c1C)C(C)(C)c1cc2cccnc2cc1-3. The van der Waals surface area contributed by atoms with E-state index in [0.29, 0.717) is 0 Å². The molecule has 1 aromatic carbocycles. The molecule has 0 unspecified atom stereocenters. The van der Waals surface area contributed by atoms with Crippen molar-refractivity contribution in [3.63, 3.8) is 0 Å². The highest BCUT2D eigenvalue weighted by Crippen LogP contribution is 2.43. The molecule has 0 atom stereocenters. The highest BCUT2D eigenvalue weighted by Gasteiger charge is 2.46. The van der Waals surface area contributed by atoms with Gasteiger partial charge < -0.3 is 0 Å². The first-order valence-electron chi connectivity index (χ1n) is 9.68. The van der Waals surface area contributed by atoms with Crippen LogP contribution in [0.5, 0.6) is 0 Å². The summed E-state index contributed by atoms with van der Waals surface area (Å²) in [5, 5.41) is 1.21. The van der Waals surface area contributed by atoms with Crippen LogP contribution in [0.15, 0.2) is 30.5 Å². The van der Waals surface area contributed by atoms with E-state index in [1.807, 2.05) is 12.3 Å². The Labute approximate surface area is 160 Å². The molecule has 3 nitrogen and oxygen atoms in total. The number of pyridine rings is 2. The molecule has 4 heterocycles. The second-order valence-electron chi connectivity index (χ2n) is 8.54. The minimum atomic E-state index is -0.104. The normalized spacial score (nSPS) is 14.8. The van der Waals surface area contributed by atoms with E-state index in [2.05, 4.69) is 80.6 Å². The van der Waals surface area contributed by atoms with Crippen LogP contribution in [0, 0.1) is 34.6 Å². The maximum Gasteiger partial charge on any atom is 0.291 e. The van der Waals surface area contributed by atoms with Crippen molar-refractivity contribution >= 4 is 16.6 Å². The van der Waals surface area contributed by atoms with Gasteiger partial charge in [-0.2, -0.15) is 4.40 Å². The molecular weight excluding hydrogens is 330 g/mol. The third kappa shape index (κ3) is 1.82. The third-order valence-corrected chi connectivity index (χ3v) is 6.88. The molecule has 0 N–H and O–H groups in total. The Hall–Kier alpha value is -2.68. The topological polar surface area (TPSA) is 21.2 Å². The Morgan fingerprint density at radius 3 is 2.41 bits per heavy atom. The van der Waals surface area contributed by atoms with Gasteiger partial charge in [0, 0.05) is 35.2 Å². The average molecular weight is 356 g/mol. The smallest absolute Gasteiger partial charge is 0.256 e.